The summed E-state index contributed by atoms with van der Waals surface area (Å²) in [6, 6.07) is -4.27. The van der Waals surface area contributed by atoms with Crippen LogP contribution < -0.4 is 21.7 Å². The van der Waals surface area contributed by atoms with Crippen LogP contribution in [0.3, 0.4) is 0 Å². The maximum absolute atomic E-state index is 12.4. The van der Waals surface area contributed by atoms with Crippen LogP contribution in [0.2, 0.25) is 0 Å². The largest absolute Gasteiger partial charge is 0.481 e. The molecule has 0 aliphatic carbocycles. The van der Waals surface area contributed by atoms with Crippen molar-refractivity contribution in [1.29, 1.82) is 0 Å². The lowest BCUT2D eigenvalue weighted by Gasteiger charge is -2.21. The minimum atomic E-state index is -1.59. The van der Waals surface area contributed by atoms with Crippen LogP contribution in [-0.4, -0.2) is 86.7 Å². The quantitative estimate of drug-likeness (QED) is 0.115. The lowest BCUT2D eigenvalue weighted by Crippen LogP contribution is -2.53. The summed E-state index contributed by atoms with van der Waals surface area (Å²) in [5.41, 5.74) is 5.48. The van der Waals surface area contributed by atoms with Gasteiger partial charge in [-0.1, -0.05) is 0 Å². The summed E-state index contributed by atoms with van der Waals surface area (Å²) in [6.07, 6.45) is -2.52. The molecule has 9 N–H and O–H groups in total. The molecule has 0 aliphatic rings. The van der Waals surface area contributed by atoms with E-state index in [0.717, 1.165) is 0 Å². The van der Waals surface area contributed by atoms with E-state index >= 15 is 0 Å². The molecule has 0 aromatic carbocycles. The number of carbonyl (C=O) groups is 7. The van der Waals surface area contributed by atoms with E-state index in [9.17, 15) is 33.6 Å². The van der Waals surface area contributed by atoms with Gasteiger partial charge in [0, 0.05) is 19.3 Å². The van der Waals surface area contributed by atoms with Gasteiger partial charge in [0.1, 0.15) is 12.1 Å². The van der Waals surface area contributed by atoms with Crippen LogP contribution in [0.4, 0.5) is 0 Å². The second-order valence-corrected chi connectivity index (χ2v) is 6.64. The molecular weight excluding hydrogens is 436 g/mol. The first-order valence-corrected chi connectivity index (χ1v) is 9.34. The predicted molar refractivity (Wildman–Crippen MR) is 103 cm³/mol. The smallest absolute Gasteiger partial charge is 0.326 e. The summed E-state index contributed by atoms with van der Waals surface area (Å²) >= 11 is 0. The van der Waals surface area contributed by atoms with Crippen molar-refractivity contribution in [2.24, 2.45) is 5.73 Å². The number of carboxylic acid groups (broad SMARTS) is 4. The summed E-state index contributed by atoms with van der Waals surface area (Å²) in [7, 11) is 0. The zero-order valence-corrected chi connectivity index (χ0v) is 16.9. The molecule has 0 bridgehead atoms. The van der Waals surface area contributed by atoms with Gasteiger partial charge in [-0.15, -0.1) is 0 Å². The van der Waals surface area contributed by atoms with E-state index in [4.69, 9.17) is 26.2 Å². The minimum Gasteiger partial charge on any atom is -0.481 e. The molecule has 0 aliphatic heterocycles. The Hall–Kier alpha value is -3.75. The summed E-state index contributed by atoms with van der Waals surface area (Å²) in [6.45, 7) is -0.669. The number of hydrogen-bond acceptors (Lipinski definition) is 8. The molecule has 0 aromatic heterocycles. The first kappa shape index (κ1) is 28.2. The fourth-order valence-corrected chi connectivity index (χ4v) is 2.29. The van der Waals surface area contributed by atoms with Gasteiger partial charge in [0.25, 0.3) is 0 Å². The van der Waals surface area contributed by atoms with E-state index in [2.05, 4.69) is 10.6 Å². The van der Waals surface area contributed by atoms with Crippen LogP contribution in [0.5, 0.6) is 0 Å². The molecule has 15 heteroatoms. The summed E-state index contributed by atoms with van der Waals surface area (Å²) in [4.78, 5) is 79.3. The van der Waals surface area contributed by atoms with E-state index in [0.29, 0.717) is 0 Å². The third-order valence-corrected chi connectivity index (χ3v) is 3.99. The number of hydrogen-bond donors (Lipinski definition) is 8. The van der Waals surface area contributed by atoms with Gasteiger partial charge in [0.15, 0.2) is 0 Å². The van der Waals surface area contributed by atoms with E-state index in [-0.39, 0.29) is 12.8 Å². The normalized spacial score (nSPS) is 13.2. The maximum Gasteiger partial charge on any atom is 0.326 e. The maximum atomic E-state index is 12.4. The number of rotatable bonds is 16. The Kier molecular flexibility index (Phi) is 12.6. The molecule has 0 heterocycles. The van der Waals surface area contributed by atoms with Crippen molar-refractivity contribution in [2.45, 2.75) is 56.7 Å². The van der Waals surface area contributed by atoms with Gasteiger partial charge in [0.05, 0.1) is 12.6 Å². The molecule has 180 valence electrons. The zero-order valence-electron chi connectivity index (χ0n) is 16.9. The Bertz CT molecular complexity index is 740. The van der Waals surface area contributed by atoms with Crippen LogP contribution in [0, 0.1) is 0 Å². The molecule has 0 unspecified atom stereocenters. The second kappa shape index (κ2) is 14.3. The molecule has 0 saturated heterocycles. The molecule has 32 heavy (non-hydrogen) atoms. The number of nitrogens with two attached hydrogens (primary N) is 1. The highest BCUT2D eigenvalue weighted by atomic mass is 16.4. The van der Waals surface area contributed by atoms with E-state index in [1.807, 2.05) is 5.32 Å². The number of amides is 3. The van der Waals surface area contributed by atoms with Crippen LogP contribution in [-0.2, 0) is 33.6 Å². The monoisotopic (exact) mass is 462 g/mol. The average molecular weight is 462 g/mol. The lowest BCUT2D eigenvalue weighted by atomic mass is 10.1. The fraction of sp³-hybridized carbons (Fsp3) is 0.588. The summed E-state index contributed by atoms with van der Waals surface area (Å²) in [5, 5.41) is 41.5. The van der Waals surface area contributed by atoms with Crippen LogP contribution in [0.25, 0.3) is 0 Å². The lowest BCUT2D eigenvalue weighted by molar-refractivity contribution is -0.144. The minimum absolute atomic E-state index is 0.181. The van der Waals surface area contributed by atoms with E-state index < -0.39 is 92.0 Å². The van der Waals surface area contributed by atoms with Gasteiger partial charge < -0.3 is 42.1 Å². The van der Waals surface area contributed by atoms with Gasteiger partial charge in [-0.05, 0) is 19.3 Å². The van der Waals surface area contributed by atoms with Crippen LogP contribution in [0.15, 0.2) is 0 Å². The Balaban J connectivity index is 4.96. The molecule has 3 amide bonds. The van der Waals surface area contributed by atoms with Crippen molar-refractivity contribution in [3.05, 3.63) is 0 Å². The number of carbonyl (C=O) groups excluding carboxylic acids is 3. The van der Waals surface area contributed by atoms with Gasteiger partial charge in [-0.25, -0.2) is 4.79 Å². The van der Waals surface area contributed by atoms with Crippen molar-refractivity contribution in [2.75, 3.05) is 6.54 Å². The molecule has 0 fully saturated rings. The van der Waals surface area contributed by atoms with Crippen molar-refractivity contribution in [3.8, 4) is 0 Å². The third-order valence-electron chi connectivity index (χ3n) is 3.99. The highest BCUT2D eigenvalue weighted by molar-refractivity contribution is 5.92. The van der Waals surface area contributed by atoms with Crippen molar-refractivity contribution in [3.63, 3.8) is 0 Å². The van der Waals surface area contributed by atoms with E-state index in [1.54, 1.807) is 0 Å². The molecule has 0 aromatic rings. The number of nitrogens with one attached hydrogen (secondary N) is 3. The van der Waals surface area contributed by atoms with Gasteiger partial charge >= 0.3 is 23.9 Å². The highest BCUT2D eigenvalue weighted by Gasteiger charge is 2.27. The fourth-order valence-electron chi connectivity index (χ4n) is 2.29. The topological polar surface area (TPSA) is 263 Å². The molecule has 0 spiro atoms. The Morgan fingerprint density at radius 3 is 1.59 bits per heavy atom. The summed E-state index contributed by atoms with van der Waals surface area (Å²) in [5.74, 6) is -8.08. The van der Waals surface area contributed by atoms with Crippen molar-refractivity contribution >= 4 is 41.6 Å². The Morgan fingerprint density at radius 1 is 0.656 bits per heavy atom. The first-order chi connectivity index (χ1) is 14.8. The molecule has 0 rings (SSSR count). The zero-order chi connectivity index (χ0) is 24.8. The molecule has 0 radical (unpaired) electrons. The van der Waals surface area contributed by atoms with Crippen molar-refractivity contribution < 1.29 is 54.0 Å². The number of carboxylic acids is 4. The van der Waals surface area contributed by atoms with Crippen molar-refractivity contribution in [1.82, 2.24) is 16.0 Å². The number of aliphatic carboxylic acids is 4. The Labute approximate surface area is 181 Å². The van der Waals surface area contributed by atoms with Gasteiger partial charge in [-0.2, -0.15) is 0 Å². The molecule has 3 atom stereocenters. The predicted octanol–water partition coefficient (Wildman–Crippen LogP) is -2.92. The highest BCUT2D eigenvalue weighted by Crippen LogP contribution is 2.03. The van der Waals surface area contributed by atoms with Crippen LogP contribution in [0.1, 0.15) is 38.5 Å². The van der Waals surface area contributed by atoms with Gasteiger partial charge in [-0.3, -0.25) is 28.8 Å². The average Bonchev–Trinajstić information content (AvgIpc) is 2.69. The first-order valence-electron chi connectivity index (χ1n) is 9.34. The molecule has 15 nitrogen and oxygen atoms in total. The van der Waals surface area contributed by atoms with Crippen LogP contribution >= 0.6 is 0 Å². The third kappa shape index (κ3) is 12.7. The SMILES string of the molecule is N[C@@H](CCC(=O)O)C(=O)NCC(=O)N[C@@H](CCC(=O)O)C(=O)N[C@@H](CCC(=O)O)C(=O)O. The standard InChI is InChI=1S/C17H26N4O11/c18-8(1-4-12(23)24)15(29)19-7-11(22)20-9(2-5-13(25)26)16(30)21-10(17(31)32)3-6-14(27)28/h8-10H,1-7,18H2,(H,19,29)(H,20,22)(H,21,30)(H,23,24)(H,25,26)(H,27,28)(H,31,32)/t8-,9-,10-/m0/s1. The van der Waals surface area contributed by atoms with Gasteiger partial charge in [0.2, 0.25) is 17.7 Å². The second-order valence-electron chi connectivity index (χ2n) is 6.64. The molecular formula is C17H26N4O11. The Morgan fingerprint density at radius 2 is 1.12 bits per heavy atom. The molecule has 0 saturated carbocycles. The van der Waals surface area contributed by atoms with E-state index in [1.165, 1.54) is 0 Å². The summed E-state index contributed by atoms with van der Waals surface area (Å²) < 4.78 is 0.